The Kier molecular flexibility index (Phi) is 4.96. The van der Waals surface area contributed by atoms with Crippen LogP contribution in [0.1, 0.15) is 11.1 Å². The molecule has 0 unspecified atom stereocenters. The molecule has 1 saturated heterocycles. The fourth-order valence-electron chi connectivity index (χ4n) is 2.46. The largest absolute Gasteiger partial charge is 0.465 e. The van der Waals surface area contributed by atoms with Gasteiger partial charge >= 0.3 is 6.09 Å². The van der Waals surface area contributed by atoms with Crippen molar-refractivity contribution in [2.24, 2.45) is 5.73 Å². The van der Waals surface area contributed by atoms with Crippen LogP contribution >= 0.6 is 0 Å². The van der Waals surface area contributed by atoms with Gasteiger partial charge in [0.25, 0.3) is 0 Å². The quantitative estimate of drug-likeness (QED) is 0.831. The van der Waals surface area contributed by atoms with E-state index in [0.717, 1.165) is 5.56 Å². The normalized spacial score (nSPS) is 16.0. The molecule has 3 N–H and O–H groups in total. The lowest BCUT2D eigenvalue weighted by Crippen LogP contribution is -2.54. The van der Waals surface area contributed by atoms with E-state index in [-0.39, 0.29) is 5.91 Å². The molecule has 1 aromatic rings. The summed E-state index contributed by atoms with van der Waals surface area (Å²) < 4.78 is 0. The van der Waals surface area contributed by atoms with Crippen LogP contribution in [0, 0.1) is 11.3 Å². The summed E-state index contributed by atoms with van der Waals surface area (Å²) in [6.45, 7) is 1.32. The molecule has 2 amide bonds. The summed E-state index contributed by atoms with van der Waals surface area (Å²) in [4.78, 5) is 26.0. The van der Waals surface area contributed by atoms with Gasteiger partial charge in [0.1, 0.15) is 0 Å². The second-order valence-corrected chi connectivity index (χ2v) is 5.22. The molecule has 0 aromatic heterocycles. The number of nitriles is 1. The maximum Gasteiger partial charge on any atom is 0.407 e. The molecule has 1 fully saturated rings. The number of hydrogen-bond donors (Lipinski definition) is 2. The van der Waals surface area contributed by atoms with E-state index in [2.05, 4.69) is 6.07 Å². The minimum Gasteiger partial charge on any atom is -0.465 e. The van der Waals surface area contributed by atoms with Crippen LogP contribution in [0.3, 0.4) is 0 Å². The minimum absolute atomic E-state index is 0.188. The number of carbonyl (C=O) groups is 2. The van der Waals surface area contributed by atoms with Gasteiger partial charge in [-0.25, -0.2) is 4.79 Å². The summed E-state index contributed by atoms with van der Waals surface area (Å²) in [5.41, 5.74) is 7.33. The monoisotopic (exact) mass is 302 g/mol. The van der Waals surface area contributed by atoms with Crippen molar-refractivity contribution in [2.75, 3.05) is 26.2 Å². The average molecular weight is 302 g/mol. The van der Waals surface area contributed by atoms with Crippen LogP contribution < -0.4 is 5.73 Å². The summed E-state index contributed by atoms with van der Waals surface area (Å²) in [6, 6.07) is 8.37. The zero-order chi connectivity index (χ0) is 16.1. The number of amides is 2. The van der Waals surface area contributed by atoms with Gasteiger partial charge in [-0.1, -0.05) is 12.1 Å². The van der Waals surface area contributed by atoms with Crippen LogP contribution in [0.25, 0.3) is 0 Å². The van der Waals surface area contributed by atoms with Crippen LogP contribution in [0.4, 0.5) is 4.79 Å². The lowest BCUT2D eigenvalue weighted by Gasteiger charge is -2.34. The number of benzene rings is 1. The Hall–Kier alpha value is -2.59. The maximum atomic E-state index is 12.3. The lowest BCUT2D eigenvalue weighted by atomic mass is 10.0. The Bertz CT molecular complexity index is 603. The van der Waals surface area contributed by atoms with Gasteiger partial charge < -0.3 is 20.6 Å². The van der Waals surface area contributed by atoms with Crippen molar-refractivity contribution >= 4 is 12.0 Å². The SMILES string of the molecule is N#Cc1cccc(C[C@H](N)C(=O)N2CCN(C(=O)O)CC2)c1. The summed E-state index contributed by atoms with van der Waals surface area (Å²) >= 11 is 0. The van der Waals surface area contributed by atoms with Gasteiger partial charge in [-0.2, -0.15) is 5.26 Å². The Morgan fingerprint density at radius 3 is 2.50 bits per heavy atom. The highest BCUT2D eigenvalue weighted by atomic mass is 16.4. The highest BCUT2D eigenvalue weighted by Crippen LogP contribution is 2.09. The molecule has 1 aliphatic rings. The first-order valence-corrected chi connectivity index (χ1v) is 7.02. The maximum absolute atomic E-state index is 12.3. The first-order valence-electron chi connectivity index (χ1n) is 7.02. The topological polar surface area (TPSA) is 111 Å². The van der Waals surface area contributed by atoms with Gasteiger partial charge in [-0.3, -0.25) is 4.79 Å². The molecule has 116 valence electrons. The van der Waals surface area contributed by atoms with Crippen molar-refractivity contribution in [3.8, 4) is 6.07 Å². The first-order chi connectivity index (χ1) is 10.5. The number of nitrogens with two attached hydrogens (primary N) is 1. The molecule has 1 aromatic carbocycles. The van der Waals surface area contributed by atoms with Crippen LogP contribution in [0.5, 0.6) is 0 Å². The fraction of sp³-hybridized carbons (Fsp3) is 0.400. The number of carboxylic acid groups (broad SMARTS) is 1. The zero-order valence-corrected chi connectivity index (χ0v) is 12.1. The molecule has 0 saturated carbocycles. The van der Waals surface area contributed by atoms with E-state index >= 15 is 0 Å². The summed E-state index contributed by atoms with van der Waals surface area (Å²) in [6.07, 6.45) is -0.613. The first kappa shape index (κ1) is 15.8. The summed E-state index contributed by atoms with van der Waals surface area (Å²) in [7, 11) is 0. The number of nitrogens with zero attached hydrogens (tertiary/aromatic N) is 3. The van der Waals surface area contributed by atoms with E-state index < -0.39 is 12.1 Å². The number of hydrogen-bond acceptors (Lipinski definition) is 4. The second kappa shape index (κ2) is 6.91. The van der Waals surface area contributed by atoms with Crippen molar-refractivity contribution < 1.29 is 14.7 Å². The summed E-state index contributed by atoms with van der Waals surface area (Å²) in [5, 5.41) is 17.8. The van der Waals surface area contributed by atoms with Crippen LogP contribution in [-0.4, -0.2) is 59.1 Å². The standard InChI is InChI=1S/C15H18N4O3/c16-10-12-3-1-2-11(8-12)9-13(17)14(20)18-4-6-19(7-5-18)15(21)22/h1-3,8,13H,4-7,9,17H2,(H,21,22)/t13-/m0/s1. The molecule has 1 heterocycles. The average Bonchev–Trinajstić information content (AvgIpc) is 2.54. The van der Waals surface area contributed by atoms with E-state index in [4.69, 9.17) is 16.1 Å². The highest BCUT2D eigenvalue weighted by Gasteiger charge is 2.27. The predicted molar refractivity (Wildman–Crippen MR) is 79.0 cm³/mol. The molecule has 0 spiro atoms. The summed E-state index contributed by atoms with van der Waals surface area (Å²) in [5.74, 6) is -0.188. The molecule has 22 heavy (non-hydrogen) atoms. The minimum atomic E-state index is -0.968. The molecule has 0 bridgehead atoms. The lowest BCUT2D eigenvalue weighted by molar-refractivity contribution is -0.134. The van der Waals surface area contributed by atoms with Gasteiger partial charge in [0.15, 0.2) is 0 Å². The van der Waals surface area contributed by atoms with Gasteiger partial charge in [0.2, 0.25) is 5.91 Å². The van der Waals surface area contributed by atoms with Crippen molar-refractivity contribution in [1.82, 2.24) is 9.80 Å². The third kappa shape index (κ3) is 3.74. The number of rotatable bonds is 3. The fourth-order valence-corrected chi connectivity index (χ4v) is 2.46. The van der Waals surface area contributed by atoms with E-state index in [9.17, 15) is 9.59 Å². The molecule has 7 nitrogen and oxygen atoms in total. The molecule has 0 aliphatic carbocycles. The molecule has 7 heteroatoms. The predicted octanol–water partition coefficient (Wildman–Crippen LogP) is 0.250. The Labute approximate surface area is 128 Å². The molecule has 0 radical (unpaired) electrons. The van der Waals surface area contributed by atoms with E-state index in [1.807, 2.05) is 6.07 Å². The van der Waals surface area contributed by atoms with Gasteiger partial charge in [-0.15, -0.1) is 0 Å². The molecule has 1 atom stereocenters. The Morgan fingerprint density at radius 1 is 1.27 bits per heavy atom. The third-order valence-corrected chi connectivity index (χ3v) is 3.69. The Balaban J connectivity index is 1.92. The van der Waals surface area contributed by atoms with E-state index in [1.165, 1.54) is 4.90 Å². The smallest absolute Gasteiger partial charge is 0.407 e. The van der Waals surface area contributed by atoms with Crippen molar-refractivity contribution in [1.29, 1.82) is 5.26 Å². The van der Waals surface area contributed by atoms with Crippen molar-refractivity contribution in [3.63, 3.8) is 0 Å². The number of piperazine rings is 1. The molecular weight excluding hydrogens is 284 g/mol. The molecular formula is C15H18N4O3. The van der Waals surface area contributed by atoms with Crippen molar-refractivity contribution in [2.45, 2.75) is 12.5 Å². The molecule has 1 aliphatic heterocycles. The zero-order valence-electron chi connectivity index (χ0n) is 12.1. The van der Waals surface area contributed by atoms with E-state index in [1.54, 1.807) is 23.1 Å². The third-order valence-electron chi connectivity index (χ3n) is 3.69. The van der Waals surface area contributed by atoms with Crippen LogP contribution in [-0.2, 0) is 11.2 Å². The van der Waals surface area contributed by atoms with E-state index in [0.29, 0.717) is 38.2 Å². The van der Waals surface area contributed by atoms with Crippen molar-refractivity contribution in [3.05, 3.63) is 35.4 Å². The van der Waals surface area contributed by atoms with Gasteiger partial charge in [0, 0.05) is 26.2 Å². The second-order valence-electron chi connectivity index (χ2n) is 5.22. The van der Waals surface area contributed by atoms with Gasteiger partial charge in [0.05, 0.1) is 17.7 Å². The van der Waals surface area contributed by atoms with Gasteiger partial charge in [-0.05, 0) is 24.1 Å². The number of carbonyl (C=O) groups excluding carboxylic acids is 1. The highest BCUT2D eigenvalue weighted by molar-refractivity contribution is 5.82. The van der Waals surface area contributed by atoms with Crippen LogP contribution in [0.2, 0.25) is 0 Å². The Morgan fingerprint density at radius 2 is 1.91 bits per heavy atom. The van der Waals surface area contributed by atoms with Crippen LogP contribution in [0.15, 0.2) is 24.3 Å². The molecule has 2 rings (SSSR count).